The van der Waals surface area contributed by atoms with Crippen molar-refractivity contribution < 1.29 is 28.6 Å². The lowest BCUT2D eigenvalue weighted by Crippen LogP contribution is -2.30. The summed E-state index contributed by atoms with van der Waals surface area (Å²) in [4.78, 5) is 37.9. The molecule has 0 amide bonds. The summed E-state index contributed by atoms with van der Waals surface area (Å²) in [5, 5.41) is 0. The molecule has 0 heterocycles. The zero-order valence-corrected chi connectivity index (χ0v) is 51.0. The number of carbonyl (C=O) groups is 3. The van der Waals surface area contributed by atoms with Crippen LogP contribution in [-0.2, 0) is 28.6 Å². The molecular formula is C71H124O6. The van der Waals surface area contributed by atoms with Crippen molar-refractivity contribution >= 4 is 17.9 Å². The smallest absolute Gasteiger partial charge is 0.306 e. The van der Waals surface area contributed by atoms with Gasteiger partial charge in [-0.1, -0.05) is 318 Å². The monoisotopic (exact) mass is 1070 g/mol. The van der Waals surface area contributed by atoms with Gasteiger partial charge in [0.1, 0.15) is 13.2 Å². The van der Waals surface area contributed by atoms with Gasteiger partial charge in [0.15, 0.2) is 6.10 Å². The normalized spacial score (nSPS) is 12.6. The molecule has 0 aliphatic rings. The molecule has 6 heteroatoms. The number of unbranched alkanes of at least 4 members (excludes halogenated alkanes) is 35. The van der Waals surface area contributed by atoms with Crippen LogP contribution in [0.3, 0.4) is 0 Å². The van der Waals surface area contributed by atoms with Gasteiger partial charge in [0.05, 0.1) is 0 Å². The van der Waals surface area contributed by atoms with Crippen LogP contribution >= 0.6 is 0 Å². The maximum absolute atomic E-state index is 12.8. The van der Waals surface area contributed by atoms with E-state index >= 15 is 0 Å². The average Bonchev–Trinajstić information content (AvgIpc) is 3.43. The van der Waals surface area contributed by atoms with E-state index in [1.54, 1.807) is 0 Å². The lowest BCUT2D eigenvalue weighted by atomic mass is 10.0. The fourth-order valence-electron chi connectivity index (χ4n) is 9.48. The van der Waals surface area contributed by atoms with Crippen LogP contribution in [0, 0.1) is 0 Å². The first-order valence-electron chi connectivity index (χ1n) is 33.1. The van der Waals surface area contributed by atoms with Crippen molar-refractivity contribution in [3.05, 3.63) is 85.1 Å². The van der Waals surface area contributed by atoms with Gasteiger partial charge in [-0.15, -0.1) is 0 Å². The molecule has 0 aromatic rings. The summed E-state index contributed by atoms with van der Waals surface area (Å²) in [6.45, 7) is 6.48. The SMILES string of the molecule is CC/C=C\C/C=C\C/C=C\C/C=C\C/C=C\C/C=C\C/C=C\CCCCCCCCCCCCCCCC(=O)OCC(COC(=O)CCCCCCC)OC(=O)CCCCCCCCCCCCCCCCCCCCC. The Labute approximate surface area is 477 Å². The maximum atomic E-state index is 12.8. The van der Waals surface area contributed by atoms with Crippen molar-refractivity contribution in [3.63, 3.8) is 0 Å². The molecule has 0 saturated carbocycles. The molecule has 0 saturated heterocycles. The van der Waals surface area contributed by atoms with Crippen molar-refractivity contribution in [2.45, 2.75) is 335 Å². The van der Waals surface area contributed by atoms with E-state index in [1.807, 2.05) is 0 Å². The molecule has 0 bridgehead atoms. The Balaban J connectivity index is 3.97. The highest BCUT2D eigenvalue weighted by molar-refractivity contribution is 5.71. The zero-order valence-electron chi connectivity index (χ0n) is 51.0. The number of carbonyl (C=O) groups excluding carboxylic acids is 3. The van der Waals surface area contributed by atoms with E-state index in [9.17, 15) is 14.4 Å². The summed E-state index contributed by atoms with van der Waals surface area (Å²) in [7, 11) is 0. The fraction of sp³-hybridized carbons (Fsp3) is 0.761. The second kappa shape index (κ2) is 65.1. The highest BCUT2D eigenvalue weighted by Gasteiger charge is 2.19. The van der Waals surface area contributed by atoms with Crippen molar-refractivity contribution in [1.29, 1.82) is 0 Å². The lowest BCUT2D eigenvalue weighted by molar-refractivity contribution is -0.167. The van der Waals surface area contributed by atoms with Gasteiger partial charge in [-0.25, -0.2) is 0 Å². The van der Waals surface area contributed by atoms with Gasteiger partial charge in [0.25, 0.3) is 0 Å². The largest absolute Gasteiger partial charge is 0.462 e. The molecule has 0 aliphatic carbocycles. The Bertz CT molecular complexity index is 1470. The van der Waals surface area contributed by atoms with E-state index in [4.69, 9.17) is 14.2 Å². The van der Waals surface area contributed by atoms with Gasteiger partial charge in [0, 0.05) is 19.3 Å². The van der Waals surface area contributed by atoms with Crippen molar-refractivity contribution in [2.24, 2.45) is 0 Å². The molecule has 0 aliphatic heterocycles. The van der Waals surface area contributed by atoms with Crippen molar-refractivity contribution in [3.8, 4) is 0 Å². The van der Waals surface area contributed by atoms with E-state index in [0.717, 1.165) is 109 Å². The summed E-state index contributed by atoms with van der Waals surface area (Å²) in [6.07, 6.45) is 86.5. The van der Waals surface area contributed by atoms with E-state index < -0.39 is 6.10 Å². The number of esters is 3. The summed E-state index contributed by atoms with van der Waals surface area (Å²) >= 11 is 0. The second-order valence-corrected chi connectivity index (χ2v) is 22.0. The van der Waals surface area contributed by atoms with E-state index in [1.165, 1.54) is 180 Å². The Morgan fingerprint density at radius 3 is 0.792 bits per heavy atom. The van der Waals surface area contributed by atoms with Crippen LogP contribution in [0.4, 0.5) is 0 Å². The summed E-state index contributed by atoms with van der Waals surface area (Å²) in [5.74, 6) is -0.872. The molecule has 0 aromatic carbocycles. The van der Waals surface area contributed by atoms with Crippen LogP contribution in [0.25, 0.3) is 0 Å². The van der Waals surface area contributed by atoms with E-state index in [-0.39, 0.29) is 31.1 Å². The lowest BCUT2D eigenvalue weighted by Gasteiger charge is -2.18. The third-order valence-electron chi connectivity index (χ3n) is 14.4. The van der Waals surface area contributed by atoms with Crippen molar-refractivity contribution in [1.82, 2.24) is 0 Å². The van der Waals surface area contributed by atoms with E-state index in [0.29, 0.717) is 19.3 Å². The Morgan fingerprint density at radius 2 is 0.506 bits per heavy atom. The molecule has 6 nitrogen and oxygen atoms in total. The first kappa shape index (κ1) is 73.6. The van der Waals surface area contributed by atoms with Crippen molar-refractivity contribution in [2.75, 3.05) is 13.2 Å². The Morgan fingerprint density at radius 1 is 0.273 bits per heavy atom. The van der Waals surface area contributed by atoms with Gasteiger partial charge >= 0.3 is 17.9 Å². The average molecular weight is 1070 g/mol. The molecule has 0 N–H and O–H groups in total. The fourth-order valence-corrected chi connectivity index (χ4v) is 9.48. The Hall–Kier alpha value is -3.41. The molecule has 0 radical (unpaired) electrons. The van der Waals surface area contributed by atoms with Gasteiger partial charge in [-0.05, 0) is 77.0 Å². The molecule has 0 aromatic heterocycles. The molecular weight excluding hydrogens is 949 g/mol. The van der Waals surface area contributed by atoms with Gasteiger partial charge in [-0.3, -0.25) is 14.4 Å². The van der Waals surface area contributed by atoms with Crippen LogP contribution in [0.1, 0.15) is 329 Å². The maximum Gasteiger partial charge on any atom is 0.306 e. The second-order valence-electron chi connectivity index (χ2n) is 22.0. The zero-order chi connectivity index (χ0) is 55.7. The molecule has 77 heavy (non-hydrogen) atoms. The molecule has 1 unspecified atom stereocenters. The first-order valence-corrected chi connectivity index (χ1v) is 33.1. The van der Waals surface area contributed by atoms with Crippen LogP contribution in [0.15, 0.2) is 85.1 Å². The highest BCUT2D eigenvalue weighted by Crippen LogP contribution is 2.17. The summed E-state index contributed by atoms with van der Waals surface area (Å²) in [6, 6.07) is 0. The highest BCUT2D eigenvalue weighted by atomic mass is 16.6. The minimum Gasteiger partial charge on any atom is -0.462 e. The third kappa shape index (κ3) is 63.3. The van der Waals surface area contributed by atoms with Gasteiger partial charge in [-0.2, -0.15) is 0 Å². The van der Waals surface area contributed by atoms with Gasteiger partial charge in [0.2, 0.25) is 0 Å². The van der Waals surface area contributed by atoms with Gasteiger partial charge < -0.3 is 14.2 Å². The summed E-state index contributed by atoms with van der Waals surface area (Å²) < 4.78 is 16.8. The molecule has 444 valence electrons. The van der Waals surface area contributed by atoms with Crippen LogP contribution in [-0.4, -0.2) is 37.2 Å². The third-order valence-corrected chi connectivity index (χ3v) is 14.4. The van der Waals surface area contributed by atoms with Crippen LogP contribution in [0.2, 0.25) is 0 Å². The summed E-state index contributed by atoms with van der Waals surface area (Å²) in [5.41, 5.74) is 0. The van der Waals surface area contributed by atoms with Crippen LogP contribution in [0.5, 0.6) is 0 Å². The molecule has 0 fully saturated rings. The number of hydrogen-bond acceptors (Lipinski definition) is 6. The van der Waals surface area contributed by atoms with Crippen LogP contribution < -0.4 is 0 Å². The van der Waals surface area contributed by atoms with E-state index in [2.05, 4.69) is 106 Å². The quantitative estimate of drug-likeness (QED) is 0.0261. The number of hydrogen-bond donors (Lipinski definition) is 0. The molecule has 0 rings (SSSR count). The topological polar surface area (TPSA) is 78.9 Å². The number of ether oxygens (including phenoxy) is 3. The minimum absolute atomic E-state index is 0.0722. The predicted octanol–water partition coefficient (Wildman–Crippen LogP) is 22.7. The molecule has 1 atom stereocenters. The number of rotatable bonds is 60. The first-order chi connectivity index (χ1) is 38.0. The predicted molar refractivity (Wildman–Crippen MR) is 334 cm³/mol. The standard InChI is InChI=1S/C71H124O6/c1-4-7-10-13-15-17-19-21-23-25-27-28-29-30-31-32-33-34-35-36-37-38-39-40-41-42-44-45-47-49-51-53-55-58-61-64-70(73)76-67-68(66-75-69(72)63-60-57-12-9-6-3)77-71(74)65-62-59-56-54-52-50-48-46-43-26-24-22-20-18-16-14-11-8-5-2/h7,10,15,17,21,23,27-28,30-31,33-34,36-37,68H,4-6,8-9,11-14,16,18-20,22,24-26,29,32,35,38-67H2,1-3H3/b10-7-,17-15-,23-21-,28-27-,31-30-,34-33-,37-36-. The number of allylic oxidation sites excluding steroid dienone is 14. The Kier molecular flexibility index (Phi) is 62.2. The molecule has 0 spiro atoms. The minimum atomic E-state index is -0.770.